The van der Waals surface area contributed by atoms with Gasteiger partial charge in [-0.3, -0.25) is 4.79 Å². The number of aromatic nitrogens is 2. The van der Waals surface area contributed by atoms with E-state index < -0.39 is 0 Å². The number of phenolic OH excluding ortho intramolecular Hbond substituents is 1. The van der Waals surface area contributed by atoms with Crippen LogP contribution in [0.5, 0.6) is 5.75 Å². The van der Waals surface area contributed by atoms with Gasteiger partial charge in [0.05, 0.1) is 11.0 Å². The minimum atomic E-state index is -0.188. The summed E-state index contributed by atoms with van der Waals surface area (Å²) < 4.78 is 0. The molecule has 0 radical (unpaired) electrons. The molecule has 5 heteroatoms. The number of para-hydroxylation sites is 3. The first-order valence-corrected chi connectivity index (χ1v) is 7.11. The van der Waals surface area contributed by atoms with Gasteiger partial charge in [-0.1, -0.05) is 24.3 Å². The fourth-order valence-electron chi connectivity index (χ4n) is 1.89. The highest BCUT2D eigenvalue weighted by Gasteiger charge is 2.07. The topological polar surface area (TPSA) is 66.0 Å². The number of hydrogen-bond acceptors (Lipinski definition) is 4. The van der Waals surface area contributed by atoms with Crippen LogP contribution in [0, 0.1) is 0 Å². The van der Waals surface area contributed by atoms with Crippen molar-refractivity contribution in [3.63, 3.8) is 0 Å². The maximum absolute atomic E-state index is 11.9. The van der Waals surface area contributed by atoms with Crippen molar-refractivity contribution < 1.29 is 5.11 Å². The zero-order valence-corrected chi connectivity index (χ0v) is 11.4. The number of hydrogen-bond donors (Lipinski definition) is 2. The lowest BCUT2D eigenvalue weighted by atomic mass is 10.3. The minimum absolute atomic E-state index is 0.188. The Morgan fingerprint density at radius 3 is 2.70 bits per heavy atom. The van der Waals surface area contributed by atoms with E-state index in [1.165, 1.54) is 11.8 Å². The average molecular weight is 284 g/mol. The third-order valence-corrected chi connectivity index (χ3v) is 3.97. The standard InChI is InChI=1S/C15H12N2O2S/c18-13-7-3-4-8-14(13)20-9-12-15(19)17-11-6-2-1-5-10(11)16-12/h1-8,18H,9H2,(H,17,19). The van der Waals surface area contributed by atoms with Gasteiger partial charge in [-0.05, 0) is 24.3 Å². The molecular weight excluding hydrogens is 272 g/mol. The second-order valence-electron chi connectivity index (χ2n) is 4.29. The van der Waals surface area contributed by atoms with Crippen LogP contribution in [0.2, 0.25) is 0 Å². The maximum atomic E-state index is 11.9. The number of nitrogens with zero attached hydrogens (tertiary/aromatic N) is 1. The highest BCUT2D eigenvalue weighted by Crippen LogP contribution is 2.29. The number of rotatable bonds is 3. The van der Waals surface area contributed by atoms with Gasteiger partial charge in [0.15, 0.2) is 0 Å². The Kier molecular flexibility index (Phi) is 3.43. The summed E-state index contributed by atoms with van der Waals surface area (Å²) in [6.07, 6.45) is 0. The van der Waals surface area contributed by atoms with Gasteiger partial charge in [-0.2, -0.15) is 0 Å². The van der Waals surface area contributed by atoms with Crippen LogP contribution in [0.15, 0.2) is 58.2 Å². The molecule has 0 fully saturated rings. The molecule has 0 amide bonds. The van der Waals surface area contributed by atoms with Crippen molar-refractivity contribution in [2.75, 3.05) is 0 Å². The lowest BCUT2D eigenvalue weighted by molar-refractivity contribution is 0.462. The van der Waals surface area contributed by atoms with E-state index in [0.29, 0.717) is 11.4 Å². The second-order valence-corrected chi connectivity index (χ2v) is 5.30. The Hall–Kier alpha value is -2.27. The molecule has 0 saturated heterocycles. The SMILES string of the molecule is O=c1[nH]c2ccccc2nc1CSc1ccccc1O. The molecule has 20 heavy (non-hydrogen) atoms. The average Bonchev–Trinajstić information content (AvgIpc) is 2.46. The molecule has 0 aliphatic heterocycles. The van der Waals surface area contributed by atoms with Crippen LogP contribution < -0.4 is 5.56 Å². The number of nitrogens with one attached hydrogen (secondary N) is 1. The first-order chi connectivity index (χ1) is 9.74. The van der Waals surface area contributed by atoms with Crippen LogP contribution in [0.1, 0.15) is 5.69 Å². The van der Waals surface area contributed by atoms with Crippen LogP contribution in [0.3, 0.4) is 0 Å². The monoisotopic (exact) mass is 284 g/mol. The predicted molar refractivity (Wildman–Crippen MR) is 80.0 cm³/mol. The molecule has 0 atom stereocenters. The predicted octanol–water partition coefficient (Wildman–Crippen LogP) is 2.92. The van der Waals surface area contributed by atoms with Crippen molar-refractivity contribution in [1.29, 1.82) is 0 Å². The van der Waals surface area contributed by atoms with Gasteiger partial charge in [-0.25, -0.2) is 4.98 Å². The quantitative estimate of drug-likeness (QED) is 0.726. The van der Waals surface area contributed by atoms with Crippen molar-refractivity contribution in [3.8, 4) is 5.75 Å². The number of benzene rings is 2. The zero-order chi connectivity index (χ0) is 13.9. The third kappa shape index (κ3) is 2.53. The molecule has 0 aliphatic carbocycles. The highest BCUT2D eigenvalue weighted by molar-refractivity contribution is 7.98. The van der Waals surface area contributed by atoms with E-state index in [1.807, 2.05) is 36.4 Å². The van der Waals surface area contributed by atoms with E-state index >= 15 is 0 Å². The Balaban J connectivity index is 1.89. The van der Waals surface area contributed by atoms with Crippen molar-refractivity contribution in [2.24, 2.45) is 0 Å². The van der Waals surface area contributed by atoms with Gasteiger partial charge in [0.25, 0.3) is 5.56 Å². The molecule has 1 aromatic heterocycles. The number of thioether (sulfide) groups is 1. The molecule has 0 saturated carbocycles. The molecule has 0 spiro atoms. The molecule has 3 rings (SSSR count). The minimum Gasteiger partial charge on any atom is -0.507 e. The first kappa shape index (κ1) is 12.7. The van der Waals surface area contributed by atoms with Gasteiger partial charge >= 0.3 is 0 Å². The fourth-order valence-corrected chi connectivity index (χ4v) is 2.77. The number of H-pyrrole nitrogens is 1. The summed E-state index contributed by atoms with van der Waals surface area (Å²) in [5, 5.41) is 9.70. The maximum Gasteiger partial charge on any atom is 0.271 e. The molecule has 4 nitrogen and oxygen atoms in total. The molecule has 0 aliphatic rings. The Bertz CT molecular complexity index is 814. The van der Waals surface area contributed by atoms with Crippen molar-refractivity contribution in [3.05, 3.63) is 64.6 Å². The summed E-state index contributed by atoms with van der Waals surface area (Å²) in [7, 11) is 0. The highest BCUT2D eigenvalue weighted by atomic mass is 32.2. The summed E-state index contributed by atoms with van der Waals surface area (Å²) in [6, 6.07) is 14.5. The number of phenols is 1. The van der Waals surface area contributed by atoms with Crippen LogP contribution in [-0.2, 0) is 5.75 Å². The van der Waals surface area contributed by atoms with Gasteiger partial charge in [0, 0.05) is 10.6 Å². The summed E-state index contributed by atoms with van der Waals surface area (Å²) in [4.78, 5) is 19.9. The van der Waals surface area contributed by atoms with Crippen LogP contribution in [0.4, 0.5) is 0 Å². The first-order valence-electron chi connectivity index (χ1n) is 6.13. The molecule has 0 bridgehead atoms. The summed E-state index contributed by atoms with van der Waals surface area (Å²) >= 11 is 1.39. The van der Waals surface area contributed by atoms with E-state index in [1.54, 1.807) is 12.1 Å². The van der Waals surface area contributed by atoms with Crippen LogP contribution in [0.25, 0.3) is 11.0 Å². The zero-order valence-electron chi connectivity index (χ0n) is 10.5. The smallest absolute Gasteiger partial charge is 0.271 e. The summed E-state index contributed by atoms with van der Waals surface area (Å²) in [5.74, 6) is 0.632. The Morgan fingerprint density at radius 2 is 1.85 bits per heavy atom. The second kappa shape index (κ2) is 5.38. The molecule has 2 N–H and O–H groups in total. The lowest BCUT2D eigenvalue weighted by Crippen LogP contribution is -2.14. The Morgan fingerprint density at radius 1 is 1.10 bits per heavy atom. The van der Waals surface area contributed by atoms with Crippen molar-refractivity contribution >= 4 is 22.8 Å². The van der Waals surface area contributed by atoms with Crippen molar-refractivity contribution in [2.45, 2.75) is 10.6 Å². The summed E-state index contributed by atoms with van der Waals surface area (Å²) in [6.45, 7) is 0. The number of aromatic hydroxyl groups is 1. The van der Waals surface area contributed by atoms with E-state index in [9.17, 15) is 9.90 Å². The third-order valence-electron chi connectivity index (χ3n) is 2.90. The Labute approximate surface area is 119 Å². The van der Waals surface area contributed by atoms with Crippen LogP contribution >= 0.6 is 11.8 Å². The molecule has 0 unspecified atom stereocenters. The number of fused-ring (bicyclic) bond motifs is 1. The van der Waals surface area contributed by atoms with E-state index in [-0.39, 0.29) is 11.3 Å². The van der Waals surface area contributed by atoms with E-state index in [0.717, 1.165) is 15.9 Å². The molecule has 2 aromatic carbocycles. The van der Waals surface area contributed by atoms with E-state index in [4.69, 9.17) is 0 Å². The van der Waals surface area contributed by atoms with E-state index in [2.05, 4.69) is 9.97 Å². The van der Waals surface area contributed by atoms with Crippen molar-refractivity contribution in [1.82, 2.24) is 9.97 Å². The normalized spacial score (nSPS) is 10.8. The van der Waals surface area contributed by atoms with Gasteiger partial charge in [0.2, 0.25) is 0 Å². The lowest BCUT2D eigenvalue weighted by Gasteiger charge is -2.04. The van der Waals surface area contributed by atoms with Gasteiger partial charge in [-0.15, -0.1) is 11.8 Å². The molecule has 1 heterocycles. The largest absolute Gasteiger partial charge is 0.507 e. The molecular formula is C15H12N2O2S. The molecule has 100 valence electrons. The van der Waals surface area contributed by atoms with Crippen LogP contribution in [-0.4, -0.2) is 15.1 Å². The summed E-state index contributed by atoms with van der Waals surface area (Å²) in [5.41, 5.74) is 1.76. The van der Waals surface area contributed by atoms with Gasteiger partial charge < -0.3 is 10.1 Å². The molecule has 3 aromatic rings. The van der Waals surface area contributed by atoms with Gasteiger partial charge in [0.1, 0.15) is 11.4 Å². The number of aromatic amines is 1. The fraction of sp³-hybridized carbons (Fsp3) is 0.0667.